The van der Waals surface area contributed by atoms with Crippen LogP contribution in [0.1, 0.15) is 38.2 Å². The van der Waals surface area contributed by atoms with Gasteiger partial charge in [-0.15, -0.1) is 0 Å². The molecule has 2 aromatic rings. The first-order chi connectivity index (χ1) is 16.3. The van der Waals surface area contributed by atoms with Crippen molar-refractivity contribution >= 4 is 28.7 Å². The van der Waals surface area contributed by atoms with E-state index in [1.807, 2.05) is 62.4 Å². The minimum absolute atomic E-state index is 0.200. The predicted octanol–water partition coefficient (Wildman–Crippen LogP) is 4.54. The number of hydrogen-bond donors (Lipinski definition) is 0. The summed E-state index contributed by atoms with van der Waals surface area (Å²) in [5.41, 5.74) is 2.46. The summed E-state index contributed by atoms with van der Waals surface area (Å²) in [4.78, 5) is 38.0. The van der Waals surface area contributed by atoms with Crippen molar-refractivity contribution in [1.29, 1.82) is 0 Å². The maximum absolute atomic E-state index is 13.3. The van der Waals surface area contributed by atoms with E-state index in [1.165, 1.54) is 0 Å². The quantitative estimate of drug-likeness (QED) is 0.291. The second-order valence-electron chi connectivity index (χ2n) is 9.28. The number of carbonyl (C=O) groups excluding carboxylic acids is 3. The maximum Gasteiger partial charge on any atom is 0.334 e. The molecule has 6 nitrogen and oxygen atoms in total. The van der Waals surface area contributed by atoms with Crippen LogP contribution >= 0.6 is 0 Å². The lowest BCUT2D eigenvalue weighted by Crippen LogP contribution is -2.34. The van der Waals surface area contributed by atoms with Crippen LogP contribution < -0.4 is 0 Å². The monoisotopic (exact) mass is 458 g/mol. The van der Waals surface area contributed by atoms with E-state index in [0.717, 1.165) is 21.9 Å². The molecule has 6 heteroatoms. The van der Waals surface area contributed by atoms with E-state index in [9.17, 15) is 14.4 Å². The molecule has 34 heavy (non-hydrogen) atoms. The number of benzene rings is 2. The van der Waals surface area contributed by atoms with Crippen LogP contribution in [0, 0.1) is 5.92 Å². The molecule has 1 aliphatic carbocycles. The molecular weight excluding hydrogens is 432 g/mol. The summed E-state index contributed by atoms with van der Waals surface area (Å²) in [7, 11) is 0. The summed E-state index contributed by atoms with van der Waals surface area (Å²) in [6.45, 7) is 7.62. The highest BCUT2D eigenvalue weighted by Crippen LogP contribution is 2.39. The molecule has 0 amide bonds. The van der Waals surface area contributed by atoms with Gasteiger partial charge in [-0.1, -0.05) is 54.6 Å². The minimum atomic E-state index is -0.743. The molecule has 5 atom stereocenters. The Morgan fingerprint density at radius 1 is 1.03 bits per heavy atom. The second kappa shape index (κ2) is 8.60. The van der Waals surface area contributed by atoms with Gasteiger partial charge < -0.3 is 14.2 Å². The smallest absolute Gasteiger partial charge is 0.334 e. The Balaban J connectivity index is 1.44. The van der Waals surface area contributed by atoms with Crippen LogP contribution in [0.25, 0.3) is 10.8 Å². The van der Waals surface area contributed by atoms with Crippen LogP contribution in [-0.4, -0.2) is 36.2 Å². The lowest BCUT2D eigenvalue weighted by Gasteiger charge is -2.27. The van der Waals surface area contributed by atoms with Crippen molar-refractivity contribution in [3.8, 4) is 0 Å². The van der Waals surface area contributed by atoms with Gasteiger partial charge in [0.05, 0.1) is 11.8 Å². The van der Waals surface area contributed by atoms with Crippen molar-refractivity contribution in [1.82, 2.24) is 0 Å². The lowest BCUT2D eigenvalue weighted by molar-refractivity contribution is -0.151. The maximum atomic E-state index is 13.3. The van der Waals surface area contributed by atoms with Crippen LogP contribution in [0.15, 0.2) is 77.9 Å². The lowest BCUT2D eigenvalue weighted by atomic mass is 9.85. The van der Waals surface area contributed by atoms with Crippen LogP contribution in [0.3, 0.4) is 0 Å². The fraction of sp³-hybridized carbons (Fsp3) is 0.321. The molecule has 2 heterocycles. The van der Waals surface area contributed by atoms with Gasteiger partial charge in [-0.05, 0) is 42.3 Å². The first-order valence-electron chi connectivity index (χ1n) is 11.5. The van der Waals surface area contributed by atoms with Gasteiger partial charge in [0.1, 0.15) is 18.3 Å². The van der Waals surface area contributed by atoms with Crippen molar-refractivity contribution in [2.75, 3.05) is 0 Å². The Labute approximate surface area is 197 Å². The Morgan fingerprint density at radius 2 is 1.79 bits per heavy atom. The molecule has 3 aliphatic rings. The third-order valence-electron chi connectivity index (χ3n) is 6.86. The zero-order valence-electron chi connectivity index (χ0n) is 19.2. The summed E-state index contributed by atoms with van der Waals surface area (Å²) < 4.78 is 17.0. The van der Waals surface area contributed by atoms with Crippen molar-refractivity contribution in [3.05, 3.63) is 83.5 Å². The van der Waals surface area contributed by atoms with Gasteiger partial charge in [0.15, 0.2) is 0 Å². The fourth-order valence-corrected chi connectivity index (χ4v) is 4.96. The fourth-order valence-electron chi connectivity index (χ4n) is 4.96. The molecule has 5 rings (SSSR count). The Kier molecular flexibility index (Phi) is 5.60. The van der Waals surface area contributed by atoms with Gasteiger partial charge in [-0.2, -0.15) is 0 Å². The van der Waals surface area contributed by atoms with Gasteiger partial charge >= 0.3 is 17.9 Å². The van der Waals surface area contributed by atoms with E-state index >= 15 is 0 Å². The third-order valence-corrected chi connectivity index (χ3v) is 6.86. The molecule has 0 saturated carbocycles. The van der Waals surface area contributed by atoms with Crippen molar-refractivity contribution < 1.29 is 28.6 Å². The molecular formula is C28H26O6. The number of hydrogen-bond acceptors (Lipinski definition) is 6. The minimum Gasteiger partial charge on any atom is -0.458 e. The van der Waals surface area contributed by atoms with Crippen LogP contribution in [0.2, 0.25) is 0 Å². The van der Waals surface area contributed by atoms with Gasteiger partial charge in [0.25, 0.3) is 0 Å². The molecule has 2 bridgehead atoms. The van der Waals surface area contributed by atoms with Gasteiger partial charge in [-0.25, -0.2) is 9.59 Å². The molecule has 0 N–H and O–H groups in total. The summed E-state index contributed by atoms with van der Waals surface area (Å²) in [5.74, 6) is -2.43. The number of rotatable bonds is 3. The van der Waals surface area contributed by atoms with Crippen molar-refractivity contribution in [3.63, 3.8) is 0 Å². The Hall–Kier alpha value is -3.67. The van der Waals surface area contributed by atoms with Crippen molar-refractivity contribution in [2.24, 2.45) is 5.92 Å². The summed E-state index contributed by atoms with van der Waals surface area (Å²) in [6.07, 6.45) is 2.54. The summed E-state index contributed by atoms with van der Waals surface area (Å²) in [6, 6.07) is 13.9. The Morgan fingerprint density at radius 3 is 2.59 bits per heavy atom. The Bertz CT molecular complexity index is 1270. The van der Waals surface area contributed by atoms with E-state index in [2.05, 4.69) is 6.58 Å². The summed E-state index contributed by atoms with van der Waals surface area (Å²) in [5, 5.41) is 2.14. The zero-order valence-corrected chi connectivity index (χ0v) is 19.2. The molecule has 1 unspecified atom stereocenters. The third kappa shape index (κ3) is 4.04. The number of fused-ring (bicyclic) bond motifs is 3. The predicted molar refractivity (Wildman–Crippen MR) is 126 cm³/mol. The molecule has 0 radical (unpaired) electrons. The average molecular weight is 459 g/mol. The van der Waals surface area contributed by atoms with Gasteiger partial charge in [-0.3, -0.25) is 4.79 Å². The topological polar surface area (TPSA) is 78.9 Å². The normalized spacial score (nSPS) is 28.8. The number of ether oxygens (including phenoxy) is 3. The van der Waals surface area contributed by atoms with E-state index in [4.69, 9.17) is 14.2 Å². The van der Waals surface area contributed by atoms with Crippen LogP contribution in [0.5, 0.6) is 0 Å². The van der Waals surface area contributed by atoms with Crippen LogP contribution in [-0.2, 0) is 28.6 Å². The molecule has 2 aromatic carbocycles. The first kappa shape index (κ1) is 22.1. The highest BCUT2D eigenvalue weighted by Gasteiger charge is 2.46. The van der Waals surface area contributed by atoms with Gasteiger partial charge in [0, 0.05) is 24.0 Å². The van der Waals surface area contributed by atoms with Crippen molar-refractivity contribution in [2.45, 2.75) is 50.9 Å². The van der Waals surface area contributed by atoms with E-state index in [1.54, 1.807) is 6.08 Å². The molecule has 0 aromatic heterocycles. The second-order valence-corrected chi connectivity index (χ2v) is 9.28. The molecule has 1 saturated heterocycles. The average Bonchev–Trinajstić information content (AvgIpc) is 3.29. The summed E-state index contributed by atoms with van der Waals surface area (Å²) >= 11 is 0. The van der Waals surface area contributed by atoms with E-state index in [0.29, 0.717) is 12.0 Å². The number of carbonyl (C=O) groups is 3. The first-order valence-corrected chi connectivity index (χ1v) is 11.5. The molecule has 2 aliphatic heterocycles. The SMILES string of the molecule is C=C1C(=O)OC2CC3=C[C@@H](C/C(C)=C/[C@@H](OC(=O)[C@H](C)c4ccc5ccccc5c4)[C@H]12)OC3=O. The van der Waals surface area contributed by atoms with E-state index < -0.39 is 42.0 Å². The standard InChI is InChI=1S/C28H26O6/c1-15-10-22-13-21(28(31)32-22)14-24-25(17(3)27(30)34-24)23(11-15)33-26(29)16(2)19-9-8-18-6-4-5-7-20(18)12-19/h4-9,11-13,16,22-25H,3,10,14H2,1-2H3/b15-11+/t16-,22-,23-,24?,25+/m1/s1. The highest BCUT2D eigenvalue weighted by molar-refractivity contribution is 5.93. The van der Waals surface area contributed by atoms with Crippen LogP contribution in [0.4, 0.5) is 0 Å². The molecule has 1 fully saturated rings. The molecule has 174 valence electrons. The highest BCUT2D eigenvalue weighted by atomic mass is 16.6. The number of esters is 3. The van der Waals surface area contributed by atoms with E-state index in [-0.39, 0.29) is 18.1 Å². The molecule has 0 spiro atoms. The largest absolute Gasteiger partial charge is 0.458 e. The van der Waals surface area contributed by atoms with Gasteiger partial charge in [0.2, 0.25) is 0 Å². The zero-order chi connectivity index (χ0) is 24.0.